The van der Waals surface area contributed by atoms with Gasteiger partial charge in [-0.3, -0.25) is 4.79 Å². The Morgan fingerprint density at radius 2 is 1.85 bits per heavy atom. The minimum atomic E-state index is -0.408. The average Bonchev–Trinajstić information content (AvgIpc) is 2.84. The van der Waals surface area contributed by atoms with Crippen molar-refractivity contribution in [3.63, 3.8) is 0 Å². The maximum absolute atomic E-state index is 11.8. The Hall–Kier alpha value is -4.07. The number of ether oxygens (including phenoxy) is 4. The summed E-state index contributed by atoms with van der Waals surface area (Å²) < 4.78 is 21.9. The van der Waals surface area contributed by atoms with Crippen molar-refractivity contribution in [2.24, 2.45) is 0 Å². The summed E-state index contributed by atoms with van der Waals surface area (Å²) in [6, 6.07) is 16.1. The quantitative estimate of drug-likeness (QED) is 0.363. The van der Waals surface area contributed by atoms with E-state index < -0.39 is 5.97 Å². The van der Waals surface area contributed by atoms with Gasteiger partial charge in [-0.1, -0.05) is 18.2 Å². The molecule has 3 aromatic rings. The second kappa shape index (κ2) is 10.0. The number of rotatable bonds is 9. The van der Waals surface area contributed by atoms with E-state index in [2.05, 4.69) is 4.98 Å². The fraction of sp³-hybridized carbons (Fsp3) is 0.240. The molecule has 1 fully saturated rings. The van der Waals surface area contributed by atoms with Crippen LogP contribution >= 0.6 is 0 Å². The molecule has 2 heterocycles. The monoisotopic (exact) mass is 448 g/mol. The lowest BCUT2D eigenvalue weighted by atomic mass is 10.1. The number of carbonyl (C=O) groups is 2. The highest BCUT2D eigenvalue weighted by Crippen LogP contribution is 2.30. The number of nitrogens with zero attached hydrogens (tertiary/aromatic N) is 2. The van der Waals surface area contributed by atoms with Crippen LogP contribution in [0.1, 0.15) is 26.3 Å². The SMILES string of the molecule is COC(=O)c1ccnc(N2CC(Oc3cccc(OCc4ccc(OC)cc4)c3C=O)C2)c1. The van der Waals surface area contributed by atoms with Gasteiger partial charge in [-0.15, -0.1) is 0 Å². The van der Waals surface area contributed by atoms with E-state index in [9.17, 15) is 9.59 Å². The molecule has 0 atom stereocenters. The maximum Gasteiger partial charge on any atom is 0.338 e. The van der Waals surface area contributed by atoms with Crippen molar-refractivity contribution in [2.75, 3.05) is 32.2 Å². The van der Waals surface area contributed by atoms with Crippen LogP contribution in [-0.4, -0.2) is 50.7 Å². The summed E-state index contributed by atoms with van der Waals surface area (Å²) in [5.41, 5.74) is 1.77. The zero-order valence-corrected chi connectivity index (χ0v) is 18.4. The number of benzene rings is 2. The second-order valence-corrected chi connectivity index (χ2v) is 7.46. The number of hydrogen-bond acceptors (Lipinski definition) is 8. The summed E-state index contributed by atoms with van der Waals surface area (Å²) >= 11 is 0. The Kier molecular flexibility index (Phi) is 6.73. The lowest BCUT2D eigenvalue weighted by Crippen LogP contribution is -2.54. The number of carbonyl (C=O) groups excluding carboxylic acids is 2. The molecule has 1 saturated heterocycles. The molecule has 1 aromatic heterocycles. The molecule has 33 heavy (non-hydrogen) atoms. The van der Waals surface area contributed by atoms with E-state index in [1.165, 1.54) is 7.11 Å². The van der Waals surface area contributed by atoms with Gasteiger partial charge in [0.05, 0.1) is 38.4 Å². The molecule has 2 aromatic carbocycles. The van der Waals surface area contributed by atoms with Crippen LogP contribution in [-0.2, 0) is 11.3 Å². The average molecular weight is 448 g/mol. The van der Waals surface area contributed by atoms with Crippen LogP contribution in [0, 0.1) is 0 Å². The molecule has 0 radical (unpaired) electrons. The minimum absolute atomic E-state index is 0.121. The zero-order valence-electron chi connectivity index (χ0n) is 18.4. The van der Waals surface area contributed by atoms with Crippen molar-refractivity contribution >= 4 is 18.1 Å². The summed E-state index contributed by atoms with van der Waals surface area (Å²) in [4.78, 5) is 29.8. The molecular weight excluding hydrogens is 424 g/mol. The van der Waals surface area contributed by atoms with E-state index in [1.807, 2.05) is 29.2 Å². The molecule has 1 aliphatic rings. The van der Waals surface area contributed by atoms with E-state index >= 15 is 0 Å². The highest BCUT2D eigenvalue weighted by molar-refractivity contribution is 5.90. The molecule has 170 valence electrons. The summed E-state index contributed by atoms with van der Waals surface area (Å²) in [6.45, 7) is 1.47. The third-order valence-corrected chi connectivity index (χ3v) is 5.33. The molecule has 0 spiro atoms. The number of methoxy groups -OCH3 is 2. The predicted octanol–water partition coefficient (Wildman–Crippen LogP) is 3.54. The van der Waals surface area contributed by atoms with E-state index in [4.69, 9.17) is 18.9 Å². The smallest absolute Gasteiger partial charge is 0.338 e. The number of esters is 1. The van der Waals surface area contributed by atoms with Gasteiger partial charge < -0.3 is 23.8 Å². The first kappa shape index (κ1) is 22.1. The topological polar surface area (TPSA) is 87.2 Å². The zero-order chi connectivity index (χ0) is 23.2. The molecule has 0 amide bonds. The molecule has 1 aliphatic heterocycles. The van der Waals surface area contributed by atoms with Gasteiger partial charge >= 0.3 is 5.97 Å². The van der Waals surface area contributed by atoms with E-state index in [0.717, 1.165) is 17.6 Å². The van der Waals surface area contributed by atoms with Gasteiger partial charge in [-0.25, -0.2) is 9.78 Å². The lowest BCUT2D eigenvalue weighted by Gasteiger charge is -2.40. The first-order chi connectivity index (χ1) is 16.1. The number of anilines is 1. The molecule has 0 aliphatic carbocycles. The number of hydrogen-bond donors (Lipinski definition) is 0. The molecule has 0 N–H and O–H groups in total. The number of aromatic nitrogens is 1. The Bertz CT molecular complexity index is 1130. The van der Waals surface area contributed by atoms with Crippen LogP contribution in [0.15, 0.2) is 60.8 Å². The van der Waals surface area contributed by atoms with E-state index in [0.29, 0.717) is 48.1 Å². The molecule has 0 unspecified atom stereocenters. The summed E-state index contributed by atoms with van der Waals surface area (Å²) in [5, 5.41) is 0. The molecular formula is C25H24N2O6. The highest BCUT2D eigenvalue weighted by atomic mass is 16.5. The maximum atomic E-state index is 11.8. The van der Waals surface area contributed by atoms with Gasteiger partial charge in [0.2, 0.25) is 0 Å². The standard InChI is InChI=1S/C25H24N2O6/c1-30-19-8-6-17(7-9-19)16-32-22-4-3-5-23(21(22)15-28)33-20-13-27(14-20)24-12-18(10-11-26-24)25(29)31-2/h3-12,15,20H,13-14,16H2,1-2H3. The molecule has 4 rings (SSSR count). The second-order valence-electron chi connectivity index (χ2n) is 7.46. The molecule has 0 saturated carbocycles. The van der Waals surface area contributed by atoms with Crippen molar-refractivity contribution in [3.05, 3.63) is 77.5 Å². The van der Waals surface area contributed by atoms with Crippen molar-refractivity contribution in [2.45, 2.75) is 12.7 Å². The summed E-state index contributed by atoms with van der Waals surface area (Å²) in [5.74, 6) is 1.96. The van der Waals surface area contributed by atoms with Crippen LogP contribution in [0.3, 0.4) is 0 Å². The molecule has 0 bridgehead atoms. The molecule has 8 heteroatoms. The van der Waals surface area contributed by atoms with Crippen molar-refractivity contribution in [3.8, 4) is 17.2 Å². The van der Waals surface area contributed by atoms with Crippen molar-refractivity contribution < 1.29 is 28.5 Å². The third kappa shape index (κ3) is 5.06. The van der Waals surface area contributed by atoms with Gasteiger partial charge in [0.15, 0.2) is 6.29 Å². The van der Waals surface area contributed by atoms with Gasteiger partial charge in [-0.2, -0.15) is 0 Å². The van der Waals surface area contributed by atoms with Crippen LogP contribution in [0.25, 0.3) is 0 Å². The van der Waals surface area contributed by atoms with Gasteiger partial charge in [0.1, 0.15) is 35.8 Å². The van der Waals surface area contributed by atoms with Crippen LogP contribution in [0.2, 0.25) is 0 Å². The summed E-state index contributed by atoms with van der Waals surface area (Å²) in [6.07, 6.45) is 2.20. The number of pyridine rings is 1. The minimum Gasteiger partial charge on any atom is -0.497 e. The van der Waals surface area contributed by atoms with Crippen LogP contribution in [0.5, 0.6) is 17.2 Å². The normalized spacial score (nSPS) is 13.1. The lowest BCUT2D eigenvalue weighted by molar-refractivity contribution is 0.0600. The van der Waals surface area contributed by atoms with E-state index in [1.54, 1.807) is 43.6 Å². The van der Waals surface area contributed by atoms with Crippen LogP contribution < -0.4 is 19.1 Å². The largest absolute Gasteiger partial charge is 0.497 e. The predicted molar refractivity (Wildman–Crippen MR) is 121 cm³/mol. The van der Waals surface area contributed by atoms with Crippen LogP contribution in [0.4, 0.5) is 5.82 Å². The third-order valence-electron chi connectivity index (χ3n) is 5.33. The fourth-order valence-electron chi connectivity index (χ4n) is 3.47. The molecule has 8 nitrogen and oxygen atoms in total. The highest BCUT2D eigenvalue weighted by Gasteiger charge is 2.31. The summed E-state index contributed by atoms with van der Waals surface area (Å²) in [7, 11) is 2.96. The first-order valence-corrected chi connectivity index (χ1v) is 10.4. The Morgan fingerprint density at radius 1 is 1.09 bits per heavy atom. The first-order valence-electron chi connectivity index (χ1n) is 10.4. The van der Waals surface area contributed by atoms with Crippen molar-refractivity contribution in [1.82, 2.24) is 4.98 Å². The Morgan fingerprint density at radius 3 is 2.55 bits per heavy atom. The van der Waals surface area contributed by atoms with Gasteiger partial charge in [0.25, 0.3) is 0 Å². The van der Waals surface area contributed by atoms with Gasteiger partial charge in [0, 0.05) is 6.20 Å². The van der Waals surface area contributed by atoms with Gasteiger partial charge in [-0.05, 0) is 42.0 Å². The Balaban J connectivity index is 1.38. The fourth-order valence-corrected chi connectivity index (χ4v) is 3.47. The van der Waals surface area contributed by atoms with Crippen molar-refractivity contribution in [1.29, 1.82) is 0 Å². The number of aldehydes is 1. The van der Waals surface area contributed by atoms with E-state index in [-0.39, 0.29) is 6.10 Å². The Labute approximate surface area is 191 Å².